The Hall–Kier alpha value is -0.970. The number of hydrogen-bond acceptors (Lipinski definition) is 3. The van der Waals surface area contributed by atoms with Crippen molar-refractivity contribution in [3.8, 4) is 0 Å². The van der Waals surface area contributed by atoms with Crippen LogP contribution < -0.4 is 5.73 Å². The number of aliphatic hydroxyl groups is 1. The molecule has 0 aliphatic carbocycles. The Kier molecular flexibility index (Phi) is 4.69. The summed E-state index contributed by atoms with van der Waals surface area (Å²) < 4.78 is 12.8. The molecule has 0 radical (unpaired) electrons. The van der Waals surface area contributed by atoms with Crippen LogP contribution in [0.2, 0.25) is 0 Å². The quantitative estimate of drug-likeness (QED) is 0.857. The Morgan fingerprint density at radius 2 is 2.11 bits per heavy atom. The summed E-state index contributed by atoms with van der Waals surface area (Å²) >= 11 is 0. The lowest BCUT2D eigenvalue weighted by Crippen LogP contribution is -2.39. The Balaban J connectivity index is 1.80. The average molecular weight is 252 g/mol. The summed E-state index contributed by atoms with van der Waals surface area (Å²) in [5, 5.41) is 9.58. The summed E-state index contributed by atoms with van der Waals surface area (Å²) in [6.07, 6.45) is 2.59. The van der Waals surface area contributed by atoms with Crippen molar-refractivity contribution in [2.45, 2.75) is 31.4 Å². The Labute approximate surface area is 107 Å². The van der Waals surface area contributed by atoms with E-state index in [1.165, 1.54) is 12.1 Å². The van der Waals surface area contributed by atoms with Gasteiger partial charge in [-0.15, -0.1) is 0 Å². The average Bonchev–Trinajstić information content (AvgIpc) is 2.37. The highest BCUT2D eigenvalue weighted by atomic mass is 19.1. The summed E-state index contributed by atoms with van der Waals surface area (Å²) in [6, 6.07) is 6.31. The molecule has 0 bridgehead atoms. The van der Waals surface area contributed by atoms with E-state index in [0.29, 0.717) is 0 Å². The smallest absolute Gasteiger partial charge is 0.123 e. The molecule has 4 heteroatoms. The SMILES string of the molecule is NC(CCN1CCCC(O)C1)c1ccc(F)cc1. The summed E-state index contributed by atoms with van der Waals surface area (Å²) in [4.78, 5) is 2.25. The molecule has 18 heavy (non-hydrogen) atoms. The number of benzene rings is 1. The van der Waals surface area contributed by atoms with Crippen molar-refractivity contribution in [1.82, 2.24) is 4.90 Å². The molecule has 1 heterocycles. The van der Waals surface area contributed by atoms with Crippen molar-refractivity contribution in [2.75, 3.05) is 19.6 Å². The number of rotatable bonds is 4. The normalized spacial score (nSPS) is 22.9. The predicted molar refractivity (Wildman–Crippen MR) is 69.6 cm³/mol. The van der Waals surface area contributed by atoms with E-state index in [1.807, 2.05) is 0 Å². The molecule has 2 unspecified atom stereocenters. The molecule has 3 nitrogen and oxygen atoms in total. The first-order chi connectivity index (χ1) is 8.65. The Morgan fingerprint density at radius 3 is 2.78 bits per heavy atom. The molecule has 1 fully saturated rings. The fourth-order valence-corrected chi connectivity index (χ4v) is 2.43. The van der Waals surface area contributed by atoms with Crippen LogP contribution in [-0.2, 0) is 0 Å². The third-order valence-corrected chi connectivity index (χ3v) is 3.54. The molecule has 0 amide bonds. The number of nitrogens with two attached hydrogens (primary N) is 1. The van der Waals surface area contributed by atoms with Gasteiger partial charge in [0.05, 0.1) is 6.10 Å². The van der Waals surface area contributed by atoms with E-state index in [9.17, 15) is 9.50 Å². The third-order valence-electron chi connectivity index (χ3n) is 3.54. The van der Waals surface area contributed by atoms with Crippen molar-refractivity contribution in [3.63, 3.8) is 0 Å². The van der Waals surface area contributed by atoms with Crippen LogP contribution in [0.25, 0.3) is 0 Å². The zero-order valence-corrected chi connectivity index (χ0v) is 10.6. The highest BCUT2D eigenvalue weighted by molar-refractivity contribution is 5.19. The van der Waals surface area contributed by atoms with Crippen molar-refractivity contribution in [2.24, 2.45) is 5.73 Å². The van der Waals surface area contributed by atoms with Crippen LogP contribution >= 0.6 is 0 Å². The molecule has 1 aromatic rings. The van der Waals surface area contributed by atoms with Gasteiger partial charge in [0.1, 0.15) is 5.82 Å². The first kappa shape index (κ1) is 13.5. The van der Waals surface area contributed by atoms with Gasteiger partial charge >= 0.3 is 0 Å². The van der Waals surface area contributed by atoms with Crippen LogP contribution in [0.4, 0.5) is 4.39 Å². The van der Waals surface area contributed by atoms with Gasteiger partial charge in [0, 0.05) is 19.1 Å². The second-order valence-electron chi connectivity index (χ2n) is 5.04. The van der Waals surface area contributed by atoms with E-state index >= 15 is 0 Å². The molecular weight excluding hydrogens is 231 g/mol. The Bertz CT molecular complexity index is 369. The number of likely N-dealkylation sites (tertiary alicyclic amines) is 1. The topological polar surface area (TPSA) is 49.5 Å². The van der Waals surface area contributed by atoms with E-state index in [1.54, 1.807) is 12.1 Å². The highest BCUT2D eigenvalue weighted by Gasteiger charge is 2.18. The lowest BCUT2D eigenvalue weighted by Gasteiger charge is -2.30. The number of piperidine rings is 1. The minimum Gasteiger partial charge on any atom is -0.392 e. The van der Waals surface area contributed by atoms with Crippen LogP contribution in [0.1, 0.15) is 30.9 Å². The Morgan fingerprint density at radius 1 is 1.39 bits per heavy atom. The summed E-state index contributed by atoms with van der Waals surface area (Å²) in [6.45, 7) is 2.67. The molecule has 100 valence electrons. The molecule has 1 aliphatic rings. The number of halogens is 1. The fraction of sp³-hybridized carbons (Fsp3) is 0.571. The van der Waals surface area contributed by atoms with E-state index in [-0.39, 0.29) is 18.0 Å². The van der Waals surface area contributed by atoms with Gasteiger partial charge in [-0.25, -0.2) is 4.39 Å². The molecule has 1 aromatic carbocycles. The van der Waals surface area contributed by atoms with Gasteiger partial charge in [-0.05, 0) is 43.5 Å². The van der Waals surface area contributed by atoms with Crippen LogP contribution in [0, 0.1) is 5.82 Å². The molecule has 0 saturated carbocycles. The molecule has 1 aliphatic heterocycles. The molecule has 2 rings (SSSR count). The predicted octanol–water partition coefficient (Wildman–Crippen LogP) is 1.67. The minimum absolute atomic E-state index is 0.0651. The lowest BCUT2D eigenvalue weighted by molar-refractivity contribution is 0.0692. The van der Waals surface area contributed by atoms with Gasteiger partial charge in [0.25, 0.3) is 0 Å². The maximum absolute atomic E-state index is 12.8. The molecule has 0 aromatic heterocycles. The van der Waals surface area contributed by atoms with Crippen LogP contribution in [-0.4, -0.2) is 35.7 Å². The van der Waals surface area contributed by atoms with Crippen LogP contribution in [0.15, 0.2) is 24.3 Å². The van der Waals surface area contributed by atoms with Gasteiger partial charge in [0.2, 0.25) is 0 Å². The van der Waals surface area contributed by atoms with E-state index in [0.717, 1.165) is 44.5 Å². The number of hydrogen-bond donors (Lipinski definition) is 2. The number of aliphatic hydroxyl groups excluding tert-OH is 1. The van der Waals surface area contributed by atoms with Crippen molar-refractivity contribution in [3.05, 3.63) is 35.6 Å². The van der Waals surface area contributed by atoms with Crippen molar-refractivity contribution < 1.29 is 9.50 Å². The van der Waals surface area contributed by atoms with E-state index in [4.69, 9.17) is 5.73 Å². The summed E-state index contributed by atoms with van der Waals surface area (Å²) in [7, 11) is 0. The van der Waals surface area contributed by atoms with Gasteiger partial charge < -0.3 is 15.7 Å². The van der Waals surface area contributed by atoms with Crippen molar-refractivity contribution >= 4 is 0 Å². The van der Waals surface area contributed by atoms with E-state index in [2.05, 4.69) is 4.90 Å². The first-order valence-electron chi connectivity index (χ1n) is 6.56. The first-order valence-corrected chi connectivity index (χ1v) is 6.56. The molecular formula is C14H21FN2O. The summed E-state index contributed by atoms with van der Waals surface area (Å²) in [5.74, 6) is -0.231. The monoisotopic (exact) mass is 252 g/mol. The second kappa shape index (κ2) is 6.27. The largest absolute Gasteiger partial charge is 0.392 e. The molecule has 3 N–H and O–H groups in total. The fourth-order valence-electron chi connectivity index (χ4n) is 2.43. The van der Waals surface area contributed by atoms with Gasteiger partial charge in [-0.2, -0.15) is 0 Å². The van der Waals surface area contributed by atoms with E-state index < -0.39 is 0 Å². The van der Waals surface area contributed by atoms with Gasteiger partial charge in [-0.3, -0.25) is 0 Å². The third kappa shape index (κ3) is 3.77. The standard InChI is InChI=1S/C14H21FN2O/c15-12-5-3-11(4-6-12)14(16)7-9-17-8-1-2-13(18)10-17/h3-6,13-14,18H,1-2,7-10,16H2. The maximum atomic E-state index is 12.8. The zero-order chi connectivity index (χ0) is 13.0. The minimum atomic E-state index is -0.231. The summed E-state index contributed by atoms with van der Waals surface area (Å²) in [5.41, 5.74) is 7.05. The van der Waals surface area contributed by atoms with Crippen LogP contribution in [0.5, 0.6) is 0 Å². The zero-order valence-electron chi connectivity index (χ0n) is 10.6. The van der Waals surface area contributed by atoms with Crippen molar-refractivity contribution in [1.29, 1.82) is 0 Å². The molecule has 1 saturated heterocycles. The van der Waals surface area contributed by atoms with Crippen LogP contribution in [0.3, 0.4) is 0 Å². The number of nitrogens with zero attached hydrogens (tertiary/aromatic N) is 1. The second-order valence-corrected chi connectivity index (χ2v) is 5.04. The molecule has 0 spiro atoms. The van der Waals surface area contributed by atoms with Gasteiger partial charge in [-0.1, -0.05) is 12.1 Å². The lowest BCUT2D eigenvalue weighted by atomic mass is 10.0. The number of β-amino-alcohol motifs (C(OH)–C–C–N with tert-alkyl or cyclic N) is 1. The molecule has 2 atom stereocenters. The highest BCUT2D eigenvalue weighted by Crippen LogP contribution is 2.17. The maximum Gasteiger partial charge on any atom is 0.123 e. The van der Waals surface area contributed by atoms with Gasteiger partial charge in [0.15, 0.2) is 0 Å².